The van der Waals surface area contributed by atoms with Gasteiger partial charge in [-0.2, -0.15) is 5.10 Å². The Morgan fingerprint density at radius 2 is 2.12 bits per heavy atom. The molecule has 3 rings (SSSR count). The summed E-state index contributed by atoms with van der Waals surface area (Å²) in [5, 5.41) is 33.4. The molecule has 2 aromatic heterocycles. The van der Waals surface area contributed by atoms with E-state index in [4.69, 9.17) is 4.42 Å². The van der Waals surface area contributed by atoms with Crippen molar-refractivity contribution < 1.29 is 24.3 Å². The summed E-state index contributed by atoms with van der Waals surface area (Å²) in [4.78, 5) is 22.2. The molecule has 0 atom stereocenters. The minimum absolute atomic E-state index is 0.0506. The van der Waals surface area contributed by atoms with Gasteiger partial charge in [0.15, 0.2) is 5.78 Å². The van der Waals surface area contributed by atoms with Crippen molar-refractivity contribution in [2.24, 2.45) is 0 Å². The van der Waals surface area contributed by atoms with Crippen molar-refractivity contribution in [3.8, 4) is 11.5 Å². The second-order valence-electron chi connectivity index (χ2n) is 5.36. The Morgan fingerprint density at radius 1 is 1.31 bits per heavy atom. The fourth-order valence-corrected chi connectivity index (χ4v) is 2.24. The highest BCUT2D eigenvalue weighted by Gasteiger charge is 2.11. The number of phenolic OH excluding ortho intramolecular Hbond substituents is 2. The lowest BCUT2D eigenvalue weighted by atomic mass is 10.1. The third-order valence-corrected chi connectivity index (χ3v) is 3.48. The van der Waals surface area contributed by atoms with Gasteiger partial charge in [-0.05, 0) is 36.4 Å². The van der Waals surface area contributed by atoms with Gasteiger partial charge in [0.1, 0.15) is 35.4 Å². The van der Waals surface area contributed by atoms with Crippen molar-refractivity contribution >= 4 is 17.5 Å². The van der Waals surface area contributed by atoms with Gasteiger partial charge < -0.3 is 14.6 Å². The Labute approximate surface area is 146 Å². The van der Waals surface area contributed by atoms with Crippen LogP contribution in [0.2, 0.25) is 0 Å². The molecule has 0 fully saturated rings. The minimum atomic E-state index is -0.538. The van der Waals surface area contributed by atoms with Gasteiger partial charge in [-0.25, -0.2) is 0 Å². The van der Waals surface area contributed by atoms with E-state index < -0.39 is 10.7 Å². The first-order chi connectivity index (χ1) is 12.4. The van der Waals surface area contributed by atoms with E-state index in [9.17, 15) is 25.1 Å². The van der Waals surface area contributed by atoms with Crippen LogP contribution >= 0.6 is 0 Å². The summed E-state index contributed by atoms with van der Waals surface area (Å²) in [6.07, 6.45) is 5.10. The number of aromatic hydroxyl groups is 2. The quantitative estimate of drug-likeness (QED) is 0.301. The van der Waals surface area contributed by atoms with Crippen LogP contribution in [-0.2, 0) is 6.54 Å². The summed E-state index contributed by atoms with van der Waals surface area (Å²) in [5.74, 6) is -0.0170. The average Bonchev–Trinajstić information content (AvgIpc) is 3.22. The lowest BCUT2D eigenvalue weighted by Gasteiger charge is -2.00. The van der Waals surface area contributed by atoms with E-state index in [2.05, 4.69) is 5.10 Å². The molecule has 3 aromatic rings. The first kappa shape index (κ1) is 17.0. The third kappa shape index (κ3) is 3.78. The number of furan rings is 1. The molecule has 0 bridgehead atoms. The number of carbonyl (C=O) groups is 1. The predicted octanol–water partition coefficient (Wildman–Crippen LogP) is 2.74. The van der Waals surface area contributed by atoms with Crippen molar-refractivity contribution in [1.82, 2.24) is 9.78 Å². The maximum absolute atomic E-state index is 12.1. The summed E-state index contributed by atoms with van der Waals surface area (Å²) in [7, 11) is 0. The topological polar surface area (TPSA) is 132 Å². The summed E-state index contributed by atoms with van der Waals surface area (Å²) in [6, 6.07) is 6.99. The van der Waals surface area contributed by atoms with Gasteiger partial charge in [-0.15, -0.1) is 0 Å². The molecule has 0 saturated carbocycles. The van der Waals surface area contributed by atoms with Crippen molar-refractivity contribution in [3.05, 3.63) is 76.0 Å². The van der Waals surface area contributed by atoms with Crippen LogP contribution in [0.15, 0.2) is 53.2 Å². The molecule has 0 aliphatic heterocycles. The number of allylic oxidation sites excluding steroid dienone is 1. The van der Waals surface area contributed by atoms with E-state index in [1.807, 2.05) is 0 Å². The number of phenols is 2. The maximum atomic E-state index is 12.1. The summed E-state index contributed by atoms with van der Waals surface area (Å²) < 4.78 is 6.89. The first-order valence-electron chi connectivity index (χ1n) is 7.42. The van der Waals surface area contributed by atoms with E-state index in [0.717, 1.165) is 12.3 Å². The van der Waals surface area contributed by atoms with Gasteiger partial charge >= 0.3 is 5.69 Å². The molecule has 0 aliphatic carbocycles. The maximum Gasteiger partial charge on any atom is 0.307 e. The smallest absolute Gasteiger partial charge is 0.307 e. The molecule has 1 aromatic carbocycles. The summed E-state index contributed by atoms with van der Waals surface area (Å²) in [6.45, 7) is 0.203. The van der Waals surface area contributed by atoms with Gasteiger partial charge in [0.25, 0.3) is 0 Å². The van der Waals surface area contributed by atoms with Crippen LogP contribution in [0.4, 0.5) is 5.69 Å². The molecule has 2 N–H and O–H groups in total. The summed E-state index contributed by atoms with van der Waals surface area (Å²) >= 11 is 0. The van der Waals surface area contributed by atoms with E-state index in [1.165, 1.54) is 35.2 Å². The highest BCUT2D eigenvalue weighted by atomic mass is 16.6. The van der Waals surface area contributed by atoms with Crippen LogP contribution < -0.4 is 0 Å². The van der Waals surface area contributed by atoms with Gasteiger partial charge in [0.05, 0.1) is 17.0 Å². The standard InChI is InChI=1S/C17H13N3O6/c21-12-1-5-15(17(23)7-12)16(22)6-4-13-2-3-14(26-13)10-19-9-11(8-18-19)20(24)25/h1-9,21,23H,10H2/b6-4+. The van der Waals surface area contributed by atoms with E-state index in [1.54, 1.807) is 12.1 Å². The van der Waals surface area contributed by atoms with E-state index >= 15 is 0 Å². The Hall–Kier alpha value is -3.88. The van der Waals surface area contributed by atoms with Crippen LogP contribution in [0.1, 0.15) is 21.9 Å². The number of hydrogen-bond acceptors (Lipinski definition) is 7. The molecule has 0 unspecified atom stereocenters. The molecule has 9 heteroatoms. The number of aromatic nitrogens is 2. The number of ketones is 1. The third-order valence-electron chi connectivity index (χ3n) is 3.48. The first-order valence-corrected chi connectivity index (χ1v) is 7.42. The highest BCUT2D eigenvalue weighted by molar-refractivity contribution is 6.08. The number of hydrogen-bond donors (Lipinski definition) is 2. The van der Waals surface area contributed by atoms with Crippen LogP contribution in [0.25, 0.3) is 6.08 Å². The molecule has 26 heavy (non-hydrogen) atoms. The SMILES string of the molecule is O=C(/C=C/c1ccc(Cn2cc([N+](=O)[O-])cn2)o1)c1ccc(O)cc1O. The Balaban J connectivity index is 1.68. The van der Waals surface area contributed by atoms with Gasteiger partial charge in [0, 0.05) is 6.07 Å². The zero-order chi connectivity index (χ0) is 18.7. The van der Waals surface area contributed by atoms with Crippen LogP contribution in [0, 0.1) is 10.1 Å². The predicted molar refractivity (Wildman–Crippen MR) is 89.8 cm³/mol. The molecule has 0 aliphatic rings. The Kier molecular flexibility index (Phi) is 4.52. The number of nitrogens with zero attached hydrogens (tertiary/aromatic N) is 3. The van der Waals surface area contributed by atoms with Crippen molar-refractivity contribution in [3.63, 3.8) is 0 Å². The number of nitro groups is 1. The van der Waals surface area contributed by atoms with Crippen molar-refractivity contribution in [2.45, 2.75) is 6.54 Å². The molecule has 9 nitrogen and oxygen atoms in total. The van der Waals surface area contributed by atoms with Gasteiger partial charge in [-0.3, -0.25) is 19.6 Å². The van der Waals surface area contributed by atoms with Crippen LogP contribution in [0.3, 0.4) is 0 Å². The lowest BCUT2D eigenvalue weighted by Crippen LogP contribution is -1.98. The monoisotopic (exact) mass is 355 g/mol. The second kappa shape index (κ2) is 6.93. The number of carbonyl (C=O) groups excluding carboxylic acids is 1. The molecule has 0 radical (unpaired) electrons. The molecule has 132 valence electrons. The van der Waals surface area contributed by atoms with Crippen LogP contribution in [0.5, 0.6) is 11.5 Å². The summed E-state index contributed by atoms with van der Waals surface area (Å²) in [5.41, 5.74) is -0.0642. The van der Waals surface area contributed by atoms with Crippen molar-refractivity contribution in [2.75, 3.05) is 0 Å². The minimum Gasteiger partial charge on any atom is -0.508 e. The molecule has 0 saturated heterocycles. The zero-order valence-corrected chi connectivity index (χ0v) is 13.3. The normalized spacial score (nSPS) is 11.1. The van der Waals surface area contributed by atoms with E-state index in [-0.39, 0.29) is 29.3 Å². The fraction of sp³-hybridized carbons (Fsp3) is 0.0588. The number of rotatable bonds is 6. The second-order valence-corrected chi connectivity index (χ2v) is 5.36. The van der Waals surface area contributed by atoms with Crippen LogP contribution in [-0.4, -0.2) is 30.7 Å². The fourth-order valence-electron chi connectivity index (χ4n) is 2.24. The number of benzene rings is 1. The van der Waals surface area contributed by atoms with Gasteiger partial charge in [0.2, 0.25) is 0 Å². The highest BCUT2D eigenvalue weighted by Crippen LogP contribution is 2.23. The molecular formula is C17H13N3O6. The van der Waals surface area contributed by atoms with Gasteiger partial charge in [-0.1, -0.05) is 0 Å². The molecule has 2 heterocycles. The average molecular weight is 355 g/mol. The largest absolute Gasteiger partial charge is 0.508 e. The molecular weight excluding hydrogens is 342 g/mol. The lowest BCUT2D eigenvalue weighted by molar-refractivity contribution is -0.385. The zero-order valence-electron chi connectivity index (χ0n) is 13.3. The molecule has 0 amide bonds. The molecule has 0 spiro atoms. The Bertz CT molecular complexity index is 1000. The van der Waals surface area contributed by atoms with Crippen molar-refractivity contribution in [1.29, 1.82) is 0 Å². The Morgan fingerprint density at radius 3 is 2.81 bits per heavy atom. The van der Waals surface area contributed by atoms with E-state index in [0.29, 0.717) is 11.5 Å².